The summed E-state index contributed by atoms with van der Waals surface area (Å²) in [6.45, 7) is 1.15. The lowest BCUT2D eigenvalue weighted by molar-refractivity contribution is 0.262. The first-order valence-electron chi connectivity index (χ1n) is 9.85. The molecule has 1 aliphatic rings. The van der Waals surface area contributed by atoms with E-state index in [-0.39, 0.29) is 6.42 Å². The molecule has 2 atom stereocenters. The zero-order chi connectivity index (χ0) is 21.4. The summed E-state index contributed by atoms with van der Waals surface area (Å²) in [6.07, 6.45) is 7.53. The minimum atomic E-state index is -1.14. The summed E-state index contributed by atoms with van der Waals surface area (Å²) in [5.41, 5.74) is 1.91. The minimum absolute atomic E-state index is 0.132. The van der Waals surface area contributed by atoms with Gasteiger partial charge in [0.05, 0.1) is 36.1 Å². The fourth-order valence-electron chi connectivity index (χ4n) is 4.44. The molecule has 0 bridgehead atoms. The van der Waals surface area contributed by atoms with E-state index >= 15 is 0 Å². The topological polar surface area (TPSA) is 108 Å². The van der Waals surface area contributed by atoms with Crippen molar-refractivity contribution < 1.29 is 8.78 Å². The number of pyridine rings is 1. The highest BCUT2D eigenvalue weighted by Gasteiger charge is 2.46. The van der Waals surface area contributed by atoms with Gasteiger partial charge in [-0.3, -0.25) is 4.68 Å². The van der Waals surface area contributed by atoms with Crippen LogP contribution in [0.15, 0.2) is 43.1 Å². The van der Waals surface area contributed by atoms with Crippen LogP contribution in [-0.2, 0) is 5.41 Å². The third kappa shape index (κ3) is 3.14. The van der Waals surface area contributed by atoms with Crippen LogP contribution >= 0.6 is 0 Å². The first-order valence-corrected chi connectivity index (χ1v) is 9.85. The van der Waals surface area contributed by atoms with E-state index in [0.717, 1.165) is 22.7 Å². The molecule has 1 aliphatic heterocycles. The van der Waals surface area contributed by atoms with Gasteiger partial charge >= 0.3 is 0 Å². The molecule has 1 fully saturated rings. The summed E-state index contributed by atoms with van der Waals surface area (Å²) in [5, 5.41) is 18.2. The van der Waals surface area contributed by atoms with Crippen LogP contribution in [0.3, 0.4) is 0 Å². The summed E-state index contributed by atoms with van der Waals surface area (Å²) >= 11 is 0. The van der Waals surface area contributed by atoms with Gasteiger partial charge < -0.3 is 10.3 Å². The maximum atomic E-state index is 14.0. The number of rotatable bonds is 5. The normalized spacial score (nSPS) is 19.5. The van der Waals surface area contributed by atoms with Crippen molar-refractivity contribution in [3.63, 3.8) is 0 Å². The Morgan fingerprint density at radius 1 is 1.26 bits per heavy atom. The number of hydrogen-bond donors (Lipinski definition) is 2. The lowest BCUT2D eigenvalue weighted by Gasteiger charge is -2.35. The van der Waals surface area contributed by atoms with Gasteiger partial charge in [0.15, 0.2) is 5.82 Å². The van der Waals surface area contributed by atoms with E-state index in [2.05, 4.69) is 36.4 Å². The highest BCUT2D eigenvalue weighted by Crippen LogP contribution is 2.42. The average molecular weight is 420 g/mol. The summed E-state index contributed by atoms with van der Waals surface area (Å²) in [6, 6.07) is 6.26. The molecule has 0 unspecified atom stereocenters. The predicted molar refractivity (Wildman–Crippen MR) is 108 cm³/mol. The summed E-state index contributed by atoms with van der Waals surface area (Å²) in [4.78, 5) is 15.6. The molecule has 0 amide bonds. The van der Waals surface area contributed by atoms with Crippen molar-refractivity contribution in [2.75, 3.05) is 13.1 Å². The molecule has 1 saturated heterocycles. The van der Waals surface area contributed by atoms with Crippen LogP contribution in [0.5, 0.6) is 0 Å². The zero-order valence-electron chi connectivity index (χ0n) is 16.4. The predicted octanol–water partition coefficient (Wildman–Crippen LogP) is 2.88. The Bertz CT molecular complexity index is 1280. The fourth-order valence-corrected chi connectivity index (χ4v) is 4.44. The van der Waals surface area contributed by atoms with Gasteiger partial charge in [0.1, 0.15) is 12.0 Å². The van der Waals surface area contributed by atoms with Crippen LogP contribution in [0.2, 0.25) is 0 Å². The molecular formula is C21H18F2N8. The zero-order valence-corrected chi connectivity index (χ0v) is 16.4. The molecule has 4 aromatic heterocycles. The van der Waals surface area contributed by atoms with Crippen molar-refractivity contribution in [1.29, 1.82) is 5.26 Å². The molecule has 8 nitrogen and oxygen atoms in total. The summed E-state index contributed by atoms with van der Waals surface area (Å²) < 4.78 is 29.2. The molecule has 0 aliphatic carbocycles. The number of nitrogens with zero attached hydrogens (tertiary/aromatic N) is 6. The van der Waals surface area contributed by atoms with E-state index in [1.165, 1.54) is 12.4 Å². The van der Waals surface area contributed by atoms with E-state index in [9.17, 15) is 14.0 Å². The Kier molecular flexibility index (Phi) is 4.67. The average Bonchev–Trinajstić information content (AvgIpc) is 3.54. The summed E-state index contributed by atoms with van der Waals surface area (Å²) in [7, 11) is 0. The molecule has 4 aromatic rings. The molecule has 0 saturated carbocycles. The molecular weight excluding hydrogens is 402 g/mol. The van der Waals surface area contributed by atoms with E-state index in [1.54, 1.807) is 17.1 Å². The van der Waals surface area contributed by atoms with E-state index < -0.39 is 23.2 Å². The first-order chi connectivity index (χ1) is 15.1. The number of halogens is 2. The highest BCUT2D eigenvalue weighted by atomic mass is 19.2. The molecule has 5 heterocycles. The Hall–Kier alpha value is -3.71. The number of hydrogen-bond acceptors (Lipinski definition) is 6. The minimum Gasteiger partial charge on any atom is -0.346 e. The Morgan fingerprint density at radius 3 is 2.94 bits per heavy atom. The van der Waals surface area contributed by atoms with Crippen molar-refractivity contribution in [2.24, 2.45) is 0 Å². The highest BCUT2D eigenvalue weighted by molar-refractivity contribution is 5.89. The van der Waals surface area contributed by atoms with E-state index in [1.807, 2.05) is 12.3 Å². The molecule has 0 aromatic carbocycles. The quantitative estimate of drug-likeness (QED) is 0.481. The Balaban J connectivity index is 1.60. The maximum absolute atomic E-state index is 14.0. The maximum Gasteiger partial charge on any atom is 0.249 e. The molecule has 10 heteroatoms. The molecule has 0 radical (unpaired) electrons. The number of aromatic nitrogens is 6. The number of fused-ring (bicyclic) bond motifs is 1. The van der Waals surface area contributed by atoms with Crippen LogP contribution in [0.4, 0.5) is 8.78 Å². The molecule has 2 N–H and O–H groups in total. The summed E-state index contributed by atoms with van der Waals surface area (Å²) in [5.74, 6) is -2.14. The van der Waals surface area contributed by atoms with Crippen molar-refractivity contribution >= 4 is 11.0 Å². The standard InChI is InChI=1S/C21H18F2N8/c22-15-1-2-16(30-19(15)23)21(5-8-25-11-21)17(3-6-24)31-10-13(9-29-31)18-14-4-7-26-20(14)28-12-27-18/h1-2,4,7,9-10,12,17,25H,3,5,8,11H2,(H,26,27,28)/t17-,21+/m0/s1. The van der Waals surface area contributed by atoms with Crippen LogP contribution < -0.4 is 5.32 Å². The SMILES string of the molecule is N#CC[C@H](n1cc(-c2ncnc3[nH]ccc23)cn1)[C@]1(c2ccc(F)c(F)n2)CCNC1. The van der Waals surface area contributed by atoms with Gasteiger partial charge in [0.25, 0.3) is 0 Å². The van der Waals surface area contributed by atoms with Crippen molar-refractivity contribution in [2.45, 2.75) is 24.3 Å². The van der Waals surface area contributed by atoms with Crippen LogP contribution in [-0.4, -0.2) is 42.8 Å². The first kappa shape index (κ1) is 19.3. The van der Waals surface area contributed by atoms with Gasteiger partial charge in [0.2, 0.25) is 5.95 Å². The van der Waals surface area contributed by atoms with Gasteiger partial charge in [-0.15, -0.1) is 0 Å². The number of nitrogens with one attached hydrogen (secondary N) is 2. The van der Waals surface area contributed by atoms with Gasteiger partial charge in [-0.1, -0.05) is 0 Å². The lowest BCUT2D eigenvalue weighted by Crippen LogP contribution is -2.40. The second kappa shape index (κ2) is 7.52. The second-order valence-corrected chi connectivity index (χ2v) is 7.60. The third-order valence-corrected chi connectivity index (χ3v) is 5.97. The Labute approximate surface area is 176 Å². The molecule has 0 spiro atoms. The van der Waals surface area contributed by atoms with Crippen LogP contribution in [0.25, 0.3) is 22.3 Å². The lowest BCUT2D eigenvalue weighted by atomic mass is 9.75. The molecule has 5 rings (SSSR count). The van der Waals surface area contributed by atoms with Crippen molar-refractivity contribution in [1.82, 2.24) is 35.0 Å². The van der Waals surface area contributed by atoms with Crippen LogP contribution in [0, 0.1) is 23.1 Å². The smallest absolute Gasteiger partial charge is 0.249 e. The monoisotopic (exact) mass is 420 g/mol. The van der Waals surface area contributed by atoms with Crippen molar-refractivity contribution in [3.8, 4) is 17.3 Å². The van der Waals surface area contributed by atoms with Gasteiger partial charge in [0, 0.05) is 35.3 Å². The van der Waals surface area contributed by atoms with Gasteiger partial charge in [-0.25, -0.2) is 19.3 Å². The fraction of sp³-hybridized carbons (Fsp3) is 0.286. The van der Waals surface area contributed by atoms with E-state index in [4.69, 9.17) is 0 Å². The number of nitriles is 1. The van der Waals surface area contributed by atoms with Gasteiger partial charge in [-0.05, 0) is 31.2 Å². The largest absolute Gasteiger partial charge is 0.346 e. The Morgan fingerprint density at radius 2 is 2.16 bits per heavy atom. The molecule has 31 heavy (non-hydrogen) atoms. The third-order valence-electron chi connectivity index (χ3n) is 5.97. The number of H-pyrrole nitrogens is 1. The second-order valence-electron chi connectivity index (χ2n) is 7.60. The molecule has 156 valence electrons. The van der Waals surface area contributed by atoms with Gasteiger partial charge in [-0.2, -0.15) is 14.8 Å². The number of aromatic amines is 1. The van der Waals surface area contributed by atoms with Crippen molar-refractivity contribution in [3.05, 3.63) is 60.6 Å². The van der Waals surface area contributed by atoms with Crippen LogP contribution in [0.1, 0.15) is 24.6 Å². The van der Waals surface area contributed by atoms with E-state index in [0.29, 0.717) is 30.9 Å².